The molecule has 1 saturated heterocycles. The number of ether oxygens (including phenoxy) is 1. The van der Waals surface area contributed by atoms with E-state index in [0.29, 0.717) is 24.3 Å². The molecule has 5 heteroatoms. The van der Waals surface area contributed by atoms with E-state index in [9.17, 15) is 13.2 Å². The van der Waals surface area contributed by atoms with Gasteiger partial charge in [0.2, 0.25) is 0 Å². The maximum Gasteiger partial charge on any atom is 0.194 e. The maximum atomic E-state index is 15.3. The summed E-state index contributed by atoms with van der Waals surface area (Å²) in [6.07, 6.45) is 16.6. The van der Waals surface area contributed by atoms with Crippen LogP contribution in [0.15, 0.2) is 30.3 Å². The van der Waals surface area contributed by atoms with Gasteiger partial charge in [0.15, 0.2) is 17.5 Å². The van der Waals surface area contributed by atoms with E-state index in [1.165, 1.54) is 64.2 Å². The Bertz CT molecular complexity index is 1050. The SMILES string of the molecule is CCCCCC1CCC(C2CCC(c3ccc(C4CCC(c5cc(F)c(F)c(F)c5)OC4)c(F)c3)CC2)CC1. The lowest BCUT2D eigenvalue weighted by atomic mass is 9.68. The molecule has 1 aliphatic heterocycles. The Hall–Kier alpha value is -1.88. The molecule has 214 valence electrons. The molecule has 0 N–H and O–H groups in total. The van der Waals surface area contributed by atoms with Crippen LogP contribution in [0, 0.1) is 41.0 Å². The molecular formula is C34H44F4O. The van der Waals surface area contributed by atoms with Crippen LogP contribution in [-0.2, 0) is 4.74 Å². The third kappa shape index (κ3) is 6.89. The Labute approximate surface area is 231 Å². The highest BCUT2D eigenvalue weighted by atomic mass is 19.2. The van der Waals surface area contributed by atoms with Crippen molar-refractivity contribution < 1.29 is 22.3 Å². The van der Waals surface area contributed by atoms with Crippen molar-refractivity contribution in [3.05, 3.63) is 70.3 Å². The van der Waals surface area contributed by atoms with Crippen molar-refractivity contribution in [2.24, 2.45) is 17.8 Å². The molecule has 0 aromatic heterocycles. The molecule has 0 radical (unpaired) electrons. The molecular weight excluding hydrogens is 500 g/mol. The van der Waals surface area contributed by atoms with Crippen molar-refractivity contribution in [3.63, 3.8) is 0 Å². The van der Waals surface area contributed by atoms with E-state index in [1.807, 2.05) is 6.07 Å². The van der Waals surface area contributed by atoms with Crippen LogP contribution in [0.4, 0.5) is 17.6 Å². The fourth-order valence-electron chi connectivity index (χ4n) is 7.70. The number of hydrogen-bond donors (Lipinski definition) is 0. The lowest BCUT2D eigenvalue weighted by Crippen LogP contribution is -2.25. The van der Waals surface area contributed by atoms with Crippen molar-refractivity contribution in [1.29, 1.82) is 0 Å². The monoisotopic (exact) mass is 544 g/mol. The molecule has 39 heavy (non-hydrogen) atoms. The molecule has 3 fully saturated rings. The standard InChI is InChI=1S/C34H44F4O/c1-2-3-4-5-22-6-8-23(9-7-22)24-10-12-25(13-11-24)26-14-16-29(30(35)18-26)27-15-17-33(39-21-27)28-19-31(36)34(38)32(37)20-28/h14,16,18-20,22-25,27,33H,2-13,15,17,21H2,1H3. The van der Waals surface area contributed by atoms with Gasteiger partial charge < -0.3 is 4.74 Å². The highest BCUT2D eigenvalue weighted by Gasteiger charge is 2.32. The molecule has 2 aromatic rings. The van der Waals surface area contributed by atoms with Crippen molar-refractivity contribution in [1.82, 2.24) is 0 Å². The molecule has 2 atom stereocenters. The Morgan fingerprint density at radius 3 is 1.87 bits per heavy atom. The van der Waals surface area contributed by atoms with Crippen molar-refractivity contribution in [3.8, 4) is 0 Å². The summed E-state index contributed by atoms with van der Waals surface area (Å²) in [6, 6.07) is 7.74. The minimum atomic E-state index is -1.47. The summed E-state index contributed by atoms with van der Waals surface area (Å²) >= 11 is 0. The number of rotatable bonds is 8. The van der Waals surface area contributed by atoms with Gasteiger partial charge in [0.25, 0.3) is 0 Å². The van der Waals surface area contributed by atoms with Crippen molar-refractivity contribution >= 4 is 0 Å². The van der Waals surface area contributed by atoms with Crippen LogP contribution in [0.2, 0.25) is 0 Å². The van der Waals surface area contributed by atoms with Crippen LogP contribution in [0.5, 0.6) is 0 Å². The van der Waals surface area contributed by atoms with Crippen molar-refractivity contribution in [2.45, 2.75) is 115 Å². The molecule has 0 spiro atoms. The lowest BCUT2D eigenvalue weighted by Gasteiger charge is -2.38. The molecule has 5 rings (SSSR count). The Morgan fingerprint density at radius 1 is 0.667 bits per heavy atom. The average Bonchev–Trinajstić information content (AvgIpc) is 2.96. The second-order valence-electron chi connectivity index (χ2n) is 12.6. The van der Waals surface area contributed by atoms with Gasteiger partial charge in [0.1, 0.15) is 5.82 Å². The number of halogens is 4. The first-order valence-electron chi connectivity index (χ1n) is 15.5. The first-order valence-corrected chi connectivity index (χ1v) is 15.5. The molecule has 2 saturated carbocycles. The summed E-state index contributed by atoms with van der Waals surface area (Å²) in [5, 5.41) is 0. The minimum absolute atomic E-state index is 0.0988. The van der Waals surface area contributed by atoms with E-state index >= 15 is 4.39 Å². The number of benzene rings is 2. The van der Waals surface area contributed by atoms with Gasteiger partial charge in [-0.1, -0.05) is 57.6 Å². The number of hydrogen-bond acceptors (Lipinski definition) is 1. The van der Waals surface area contributed by atoms with Crippen LogP contribution in [0.25, 0.3) is 0 Å². The zero-order valence-electron chi connectivity index (χ0n) is 23.4. The second-order valence-corrected chi connectivity index (χ2v) is 12.6. The predicted octanol–water partition coefficient (Wildman–Crippen LogP) is 10.5. The lowest BCUT2D eigenvalue weighted by molar-refractivity contribution is 0.00132. The van der Waals surface area contributed by atoms with Gasteiger partial charge in [-0.3, -0.25) is 0 Å². The van der Waals surface area contributed by atoms with Gasteiger partial charge in [-0.05, 0) is 110 Å². The van der Waals surface area contributed by atoms with Crippen LogP contribution >= 0.6 is 0 Å². The summed E-state index contributed by atoms with van der Waals surface area (Å²) in [5.74, 6) is -1.04. The minimum Gasteiger partial charge on any atom is -0.373 e. The summed E-state index contributed by atoms with van der Waals surface area (Å²) in [6.45, 7) is 2.55. The van der Waals surface area contributed by atoms with Gasteiger partial charge >= 0.3 is 0 Å². The van der Waals surface area contributed by atoms with Crippen LogP contribution in [-0.4, -0.2) is 6.61 Å². The van der Waals surface area contributed by atoms with Gasteiger partial charge in [-0.2, -0.15) is 0 Å². The first-order chi connectivity index (χ1) is 18.9. The quantitative estimate of drug-likeness (QED) is 0.182. The van der Waals surface area contributed by atoms with E-state index < -0.39 is 23.6 Å². The predicted molar refractivity (Wildman–Crippen MR) is 148 cm³/mol. The molecule has 1 nitrogen and oxygen atoms in total. The van der Waals surface area contributed by atoms with Crippen molar-refractivity contribution in [2.75, 3.05) is 6.61 Å². The fourth-order valence-corrected chi connectivity index (χ4v) is 7.70. The topological polar surface area (TPSA) is 9.23 Å². The van der Waals surface area contributed by atoms with Crippen LogP contribution in [0.1, 0.15) is 131 Å². The average molecular weight is 545 g/mol. The zero-order valence-corrected chi connectivity index (χ0v) is 23.4. The molecule has 0 amide bonds. The fraction of sp³-hybridized carbons (Fsp3) is 0.647. The number of unbranched alkanes of at least 4 members (excludes halogenated alkanes) is 2. The van der Waals surface area contributed by atoms with Gasteiger partial charge in [0.05, 0.1) is 12.7 Å². The van der Waals surface area contributed by atoms with E-state index in [0.717, 1.165) is 48.3 Å². The molecule has 2 aromatic carbocycles. The smallest absolute Gasteiger partial charge is 0.194 e. The molecule has 2 aliphatic carbocycles. The van der Waals surface area contributed by atoms with Crippen LogP contribution < -0.4 is 0 Å². The molecule has 0 bridgehead atoms. The Morgan fingerprint density at radius 2 is 1.28 bits per heavy atom. The zero-order chi connectivity index (χ0) is 27.4. The van der Waals surface area contributed by atoms with E-state index in [2.05, 4.69) is 13.0 Å². The van der Waals surface area contributed by atoms with Gasteiger partial charge in [-0.25, -0.2) is 17.6 Å². The third-order valence-corrected chi connectivity index (χ3v) is 10.1. The molecule has 3 aliphatic rings. The van der Waals surface area contributed by atoms with E-state index in [1.54, 1.807) is 6.07 Å². The summed E-state index contributed by atoms with van der Waals surface area (Å²) in [7, 11) is 0. The molecule has 1 heterocycles. The Kier molecular flexibility index (Phi) is 9.69. The summed E-state index contributed by atoms with van der Waals surface area (Å²) in [5.41, 5.74) is 2.05. The van der Waals surface area contributed by atoms with E-state index in [-0.39, 0.29) is 23.9 Å². The van der Waals surface area contributed by atoms with E-state index in [4.69, 9.17) is 4.74 Å². The van der Waals surface area contributed by atoms with Crippen LogP contribution in [0.3, 0.4) is 0 Å². The normalized spacial score (nSPS) is 29.9. The van der Waals surface area contributed by atoms with Gasteiger partial charge in [-0.15, -0.1) is 0 Å². The summed E-state index contributed by atoms with van der Waals surface area (Å²) in [4.78, 5) is 0. The van der Waals surface area contributed by atoms with Gasteiger partial charge in [0, 0.05) is 5.92 Å². The summed E-state index contributed by atoms with van der Waals surface area (Å²) < 4.78 is 61.7. The first kappa shape index (κ1) is 28.6. The second kappa shape index (κ2) is 13.2. The Balaban J connectivity index is 1.10. The highest BCUT2D eigenvalue weighted by molar-refractivity contribution is 5.31. The third-order valence-electron chi connectivity index (χ3n) is 10.1. The molecule has 2 unspecified atom stereocenters. The maximum absolute atomic E-state index is 15.3. The largest absolute Gasteiger partial charge is 0.373 e. The highest BCUT2D eigenvalue weighted by Crippen LogP contribution is 2.45.